The molecule has 5 heteroatoms. The minimum atomic E-state index is -0.271. The zero-order valence-corrected chi connectivity index (χ0v) is 12.0. The topological polar surface area (TPSA) is 51.7 Å². The minimum absolute atomic E-state index is 0.206. The average Bonchev–Trinajstić information content (AvgIpc) is 2.55. The molecule has 0 radical (unpaired) electrons. The average molecular weight is 286 g/mol. The van der Waals surface area contributed by atoms with Crippen LogP contribution >= 0.6 is 0 Å². The normalized spacial score (nSPS) is 15.2. The first-order valence-corrected chi connectivity index (χ1v) is 7.05. The monoisotopic (exact) mass is 286 g/mol. The molecule has 1 saturated heterocycles. The van der Waals surface area contributed by atoms with Crippen LogP contribution in [0.25, 0.3) is 10.9 Å². The van der Waals surface area contributed by atoms with Crippen LogP contribution in [0.2, 0.25) is 0 Å². The van der Waals surface area contributed by atoms with Crippen molar-refractivity contribution in [2.24, 2.45) is 0 Å². The summed E-state index contributed by atoms with van der Waals surface area (Å²) in [5, 5.41) is 1.08. The van der Waals surface area contributed by atoms with Crippen molar-refractivity contribution in [1.29, 1.82) is 0 Å². The smallest absolute Gasteiger partial charge is 0.311 e. The van der Waals surface area contributed by atoms with Crippen LogP contribution in [0.3, 0.4) is 0 Å². The molecule has 1 aromatic carbocycles. The van der Waals surface area contributed by atoms with Gasteiger partial charge in [-0.1, -0.05) is 6.07 Å². The Morgan fingerprint density at radius 2 is 2.10 bits per heavy atom. The first-order chi connectivity index (χ1) is 10.3. The highest BCUT2D eigenvalue weighted by atomic mass is 16.5. The Bertz CT molecular complexity index is 651. The predicted molar refractivity (Wildman–Crippen MR) is 80.5 cm³/mol. The molecule has 21 heavy (non-hydrogen) atoms. The van der Waals surface area contributed by atoms with Crippen LogP contribution in [0.15, 0.2) is 30.3 Å². The Morgan fingerprint density at radius 1 is 1.29 bits per heavy atom. The number of esters is 1. The van der Waals surface area contributed by atoms with E-state index in [9.17, 15) is 4.79 Å². The second kappa shape index (κ2) is 6.10. The van der Waals surface area contributed by atoms with Gasteiger partial charge in [0.15, 0.2) is 0 Å². The van der Waals surface area contributed by atoms with Gasteiger partial charge in [-0.25, -0.2) is 0 Å². The van der Waals surface area contributed by atoms with Gasteiger partial charge in [0.1, 0.15) is 0 Å². The summed E-state index contributed by atoms with van der Waals surface area (Å²) in [6.45, 7) is 3.38. The number of ether oxygens (including phenoxy) is 2. The molecule has 0 spiro atoms. The lowest BCUT2D eigenvalue weighted by Gasteiger charge is -2.29. The van der Waals surface area contributed by atoms with Gasteiger partial charge in [0.05, 0.1) is 38.0 Å². The number of nitrogens with zero attached hydrogens (tertiary/aromatic N) is 2. The number of methoxy groups -OCH3 is 1. The minimum Gasteiger partial charge on any atom is -0.469 e. The van der Waals surface area contributed by atoms with Crippen LogP contribution in [0.5, 0.6) is 0 Å². The lowest BCUT2D eigenvalue weighted by atomic mass is 10.1. The van der Waals surface area contributed by atoms with Crippen molar-refractivity contribution in [2.75, 3.05) is 38.3 Å². The number of hydrogen-bond acceptors (Lipinski definition) is 5. The summed E-state index contributed by atoms with van der Waals surface area (Å²) in [6, 6.07) is 10.1. The van der Waals surface area contributed by atoms with Gasteiger partial charge in [-0.05, 0) is 24.3 Å². The molecule has 2 heterocycles. The van der Waals surface area contributed by atoms with E-state index in [-0.39, 0.29) is 12.4 Å². The zero-order chi connectivity index (χ0) is 14.7. The fourth-order valence-corrected chi connectivity index (χ4v) is 2.49. The third-order valence-electron chi connectivity index (χ3n) is 3.66. The van der Waals surface area contributed by atoms with E-state index in [1.54, 1.807) is 0 Å². The molecule has 1 aromatic heterocycles. The van der Waals surface area contributed by atoms with E-state index < -0.39 is 0 Å². The molecule has 5 nitrogen and oxygen atoms in total. The maximum Gasteiger partial charge on any atom is 0.311 e. The van der Waals surface area contributed by atoms with Crippen molar-refractivity contribution < 1.29 is 14.3 Å². The molecule has 0 saturated carbocycles. The van der Waals surface area contributed by atoms with Gasteiger partial charge >= 0.3 is 5.97 Å². The highest BCUT2D eigenvalue weighted by Crippen LogP contribution is 2.22. The van der Waals surface area contributed by atoms with Gasteiger partial charge in [-0.2, -0.15) is 0 Å². The third-order valence-corrected chi connectivity index (χ3v) is 3.66. The highest BCUT2D eigenvalue weighted by Gasteiger charge is 2.12. The standard InChI is InChI=1S/C16H18N2O3/c1-20-16(19)11-13-3-2-12-10-14(4-5-15(12)17-13)18-6-8-21-9-7-18/h2-5,10H,6-9,11H2,1H3. The van der Waals surface area contributed by atoms with Crippen molar-refractivity contribution in [3.8, 4) is 0 Å². The second-order valence-corrected chi connectivity index (χ2v) is 5.03. The van der Waals surface area contributed by atoms with Crippen LogP contribution in [0.1, 0.15) is 5.69 Å². The SMILES string of the molecule is COC(=O)Cc1ccc2cc(N3CCOCC3)ccc2n1. The maximum atomic E-state index is 11.3. The molecule has 1 fully saturated rings. The summed E-state index contributed by atoms with van der Waals surface area (Å²) >= 11 is 0. The number of benzene rings is 1. The first kappa shape index (κ1) is 13.8. The van der Waals surface area contributed by atoms with Crippen molar-refractivity contribution in [1.82, 2.24) is 4.98 Å². The van der Waals surface area contributed by atoms with Crippen LogP contribution in [0.4, 0.5) is 5.69 Å². The van der Waals surface area contributed by atoms with Crippen LogP contribution < -0.4 is 4.90 Å². The molecule has 2 aromatic rings. The number of anilines is 1. The van der Waals surface area contributed by atoms with Crippen molar-refractivity contribution >= 4 is 22.6 Å². The molecule has 0 unspecified atom stereocenters. The zero-order valence-electron chi connectivity index (χ0n) is 12.0. The van der Waals surface area contributed by atoms with Crippen LogP contribution in [-0.2, 0) is 20.7 Å². The summed E-state index contributed by atoms with van der Waals surface area (Å²) in [7, 11) is 1.39. The van der Waals surface area contributed by atoms with E-state index in [0.29, 0.717) is 0 Å². The summed E-state index contributed by atoms with van der Waals surface area (Å²) in [5.41, 5.74) is 2.82. The van der Waals surface area contributed by atoms with Gasteiger partial charge in [0.2, 0.25) is 0 Å². The van der Waals surface area contributed by atoms with Gasteiger partial charge in [-0.15, -0.1) is 0 Å². The highest BCUT2D eigenvalue weighted by molar-refractivity contribution is 5.83. The molecule has 0 amide bonds. The number of carbonyl (C=O) groups excluding carboxylic acids is 1. The van der Waals surface area contributed by atoms with E-state index in [1.807, 2.05) is 18.2 Å². The molecular formula is C16H18N2O3. The van der Waals surface area contributed by atoms with Crippen molar-refractivity contribution in [2.45, 2.75) is 6.42 Å². The number of aromatic nitrogens is 1. The Hall–Kier alpha value is -2.14. The second-order valence-electron chi connectivity index (χ2n) is 5.03. The lowest BCUT2D eigenvalue weighted by molar-refractivity contribution is -0.139. The van der Waals surface area contributed by atoms with E-state index in [0.717, 1.165) is 42.9 Å². The molecular weight excluding hydrogens is 268 g/mol. The molecule has 110 valence electrons. The predicted octanol–water partition coefficient (Wildman–Crippen LogP) is 1.79. The van der Waals surface area contributed by atoms with Crippen molar-refractivity contribution in [3.63, 3.8) is 0 Å². The molecule has 0 N–H and O–H groups in total. The summed E-state index contributed by atoms with van der Waals surface area (Å²) < 4.78 is 10.0. The fraction of sp³-hybridized carbons (Fsp3) is 0.375. The lowest BCUT2D eigenvalue weighted by Crippen LogP contribution is -2.36. The number of morpholine rings is 1. The van der Waals surface area contributed by atoms with E-state index in [2.05, 4.69) is 26.8 Å². The number of rotatable bonds is 3. The summed E-state index contributed by atoms with van der Waals surface area (Å²) in [4.78, 5) is 18.1. The number of pyridine rings is 1. The summed E-state index contributed by atoms with van der Waals surface area (Å²) in [6.07, 6.45) is 0.206. The largest absolute Gasteiger partial charge is 0.469 e. The third kappa shape index (κ3) is 3.13. The Kier molecular flexibility index (Phi) is 4.01. The van der Waals surface area contributed by atoms with E-state index in [1.165, 1.54) is 12.8 Å². The van der Waals surface area contributed by atoms with Crippen LogP contribution in [-0.4, -0.2) is 44.4 Å². The first-order valence-electron chi connectivity index (χ1n) is 7.05. The summed E-state index contributed by atoms with van der Waals surface area (Å²) in [5.74, 6) is -0.271. The maximum absolute atomic E-state index is 11.3. The van der Waals surface area contributed by atoms with Gasteiger partial charge in [0, 0.05) is 24.2 Å². The van der Waals surface area contributed by atoms with E-state index in [4.69, 9.17) is 4.74 Å². The number of carbonyl (C=O) groups is 1. The van der Waals surface area contributed by atoms with Gasteiger partial charge in [0.25, 0.3) is 0 Å². The quantitative estimate of drug-likeness (QED) is 0.805. The molecule has 1 aliphatic rings. The Labute approximate surface area is 123 Å². The molecule has 0 bridgehead atoms. The van der Waals surface area contributed by atoms with E-state index >= 15 is 0 Å². The number of fused-ring (bicyclic) bond motifs is 1. The number of hydrogen-bond donors (Lipinski definition) is 0. The Balaban J connectivity index is 1.85. The van der Waals surface area contributed by atoms with Gasteiger partial charge < -0.3 is 14.4 Å². The molecule has 0 aliphatic carbocycles. The van der Waals surface area contributed by atoms with Gasteiger partial charge in [-0.3, -0.25) is 9.78 Å². The molecule has 0 atom stereocenters. The fourth-order valence-electron chi connectivity index (χ4n) is 2.49. The Morgan fingerprint density at radius 3 is 2.86 bits per heavy atom. The molecule has 1 aliphatic heterocycles. The van der Waals surface area contributed by atoms with Crippen molar-refractivity contribution in [3.05, 3.63) is 36.0 Å². The van der Waals surface area contributed by atoms with Crippen LogP contribution in [0, 0.1) is 0 Å². The molecule has 3 rings (SSSR count).